The lowest BCUT2D eigenvalue weighted by Gasteiger charge is -2.12. The van der Waals surface area contributed by atoms with Crippen molar-refractivity contribution in [1.29, 1.82) is 0 Å². The maximum absolute atomic E-state index is 4.96. The zero-order valence-electron chi connectivity index (χ0n) is 30.2. The SMILES string of the molecule is c1ccc(-c2nc(-c3ccccc3)nc(-c3ccc(-n4c5cc(-c6cccc7c6c6ccccc6n7-c6ccccc6)ccc5c5ncccc54)cc3)n2)cc1. The van der Waals surface area contributed by atoms with Gasteiger partial charge in [-0.05, 0) is 83.9 Å². The second kappa shape index (κ2) is 13.0. The molecule has 0 radical (unpaired) electrons. The van der Waals surface area contributed by atoms with Gasteiger partial charge in [-0.2, -0.15) is 0 Å². The van der Waals surface area contributed by atoms with Gasteiger partial charge in [0.2, 0.25) is 0 Å². The summed E-state index contributed by atoms with van der Waals surface area (Å²) in [7, 11) is 0. The molecule has 4 aromatic heterocycles. The van der Waals surface area contributed by atoms with Crippen molar-refractivity contribution in [2.24, 2.45) is 0 Å². The van der Waals surface area contributed by atoms with Gasteiger partial charge in [0.05, 0.1) is 27.6 Å². The molecular weight excluding hydrogens is 685 g/mol. The molecule has 0 fully saturated rings. The fraction of sp³-hybridized carbons (Fsp3) is 0. The number of aromatic nitrogens is 6. The highest BCUT2D eigenvalue weighted by Gasteiger charge is 2.19. The van der Waals surface area contributed by atoms with Gasteiger partial charge in [0.25, 0.3) is 0 Å². The quantitative estimate of drug-likeness (QED) is 0.172. The first-order valence-corrected chi connectivity index (χ1v) is 18.7. The lowest BCUT2D eigenvalue weighted by molar-refractivity contribution is 1.07. The van der Waals surface area contributed by atoms with Gasteiger partial charge in [0.1, 0.15) is 0 Å². The van der Waals surface area contributed by atoms with Crippen LogP contribution in [0.1, 0.15) is 0 Å². The molecule has 0 amide bonds. The minimum Gasteiger partial charge on any atom is -0.309 e. The molecular formula is C50H32N6. The van der Waals surface area contributed by atoms with E-state index in [0.29, 0.717) is 17.5 Å². The molecule has 0 aliphatic heterocycles. The third kappa shape index (κ3) is 5.19. The summed E-state index contributed by atoms with van der Waals surface area (Å²) in [6.07, 6.45) is 1.87. The average Bonchev–Trinajstić information content (AvgIpc) is 3.80. The molecule has 0 aliphatic rings. The Morgan fingerprint density at radius 1 is 0.339 bits per heavy atom. The second-order valence-electron chi connectivity index (χ2n) is 13.9. The van der Waals surface area contributed by atoms with E-state index in [1.54, 1.807) is 0 Å². The number of fused-ring (bicyclic) bond motifs is 6. The molecule has 0 unspecified atom stereocenters. The van der Waals surface area contributed by atoms with Gasteiger partial charge < -0.3 is 9.13 Å². The molecule has 56 heavy (non-hydrogen) atoms. The van der Waals surface area contributed by atoms with Crippen molar-refractivity contribution >= 4 is 43.7 Å². The van der Waals surface area contributed by atoms with E-state index in [1.165, 1.54) is 27.4 Å². The van der Waals surface area contributed by atoms with Crippen molar-refractivity contribution in [3.63, 3.8) is 0 Å². The van der Waals surface area contributed by atoms with E-state index in [9.17, 15) is 0 Å². The van der Waals surface area contributed by atoms with E-state index in [1.807, 2.05) is 72.9 Å². The van der Waals surface area contributed by atoms with Crippen molar-refractivity contribution < 1.29 is 0 Å². The van der Waals surface area contributed by atoms with Crippen molar-refractivity contribution in [3.05, 3.63) is 194 Å². The Hall–Kier alpha value is -7.70. The van der Waals surface area contributed by atoms with Crippen LogP contribution in [0, 0.1) is 0 Å². The number of rotatable bonds is 6. The van der Waals surface area contributed by atoms with E-state index < -0.39 is 0 Å². The van der Waals surface area contributed by atoms with Crippen LogP contribution in [0.2, 0.25) is 0 Å². The lowest BCUT2D eigenvalue weighted by atomic mass is 9.98. The number of pyridine rings is 1. The van der Waals surface area contributed by atoms with Crippen LogP contribution in [0.25, 0.3) is 100 Å². The number of benzene rings is 7. The topological polar surface area (TPSA) is 61.4 Å². The summed E-state index contributed by atoms with van der Waals surface area (Å²) in [5, 5.41) is 3.56. The van der Waals surface area contributed by atoms with Crippen molar-refractivity contribution in [1.82, 2.24) is 29.1 Å². The molecule has 11 rings (SSSR count). The minimum atomic E-state index is 0.623. The molecule has 0 bridgehead atoms. The third-order valence-corrected chi connectivity index (χ3v) is 10.6. The van der Waals surface area contributed by atoms with Crippen molar-refractivity contribution in [2.45, 2.75) is 0 Å². The highest BCUT2D eigenvalue weighted by molar-refractivity contribution is 6.17. The zero-order chi connectivity index (χ0) is 37.0. The van der Waals surface area contributed by atoms with Crippen LogP contribution < -0.4 is 0 Å². The molecule has 0 N–H and O–H groups in total. The molecule has 262 valence electrons. The summed E-state index contributed by atoms with van der Waals surface area (Å²) in [6.45, 7) is 0. The van der Waals surface area contributed by atoms with Crippen LogP contribution in [0.15, 0.2) is 194 Å². The first-order chi connectivity index (χ1) is 27.8. The minimum absolute atomic E-state index is 0.623. The Labute approximate surface area is 322 Å². The number of para-hydroxylation sites is 2. The van der Waals surface area contributed by atoms with E-state index in [2.05, 4.69) is 130 Å². The maximum Gasteiger partial charge on any atom is 0.164 e. The van der Waals surface area contributed by atoms with Crippen molar-refractivity contribution in [3.8, 4) is 56.7 Å². The second-order valence-corrected chi connectivity index (χ2v) is 13.9. The maximum atomic E-state index is 4.96. The van der Waals surface area contributed by atoms with Crippen LogP contribution in [-0.2, 0) is 0 Å². The highest BCUT2D eigenvalue weighted by Crippen LogP contribution is 2.41. The van der Waals surface area contributed by atoms with Gasteiger partial charge in [-0.1, -0.05) is 115 Å². The Morgan fingerprint density at radius 2 is 0.875 bits per heavy atom. The molecule has 0 spiro atoms. The largest absolute Gasteiger partial charge is 0.309 e. The third-order valence-electron chi connectivity index (χ3n) is 10.6. The van der Waals surface area contributed by atoms with Crippen LogP contribution in [0.4, 0.5) is 0 Å². The number of hydrogen-bond donors (Lipinski definition) is 0. The monoisotopic (exact) mass is 716 g/mol. The summed E-state index contributed by atoms with van der Waals surface area (Å²) in [4.78, 5) is 19.7. The molecule has 7 aromatic carbocycles. The van der Waals surface area contributed by atoms with E-state index >= 15 is 0 Å². The van der Waals surface area contributed by atoms with Gasteiger partial charge >= 0.3 is 0 Å². The Morgan fingerprint density at radius 3 is 1.57 bits per heavy atom. The molecule has 4 heterocycles. The molecule has 0 atom stereocenters. The Bertz CT molecular complexity index is 3160. The number of hydrogen-bond acceptors (Lipinski definition) is 4. The van der Waals surface area contributed by atoms with Crippen LogP contribution in [0.3, 0.4) is 0 Å². The fourth-order valence-electron chi connectivity index (χ4n) is 8.09. The molecule has 0 saturated heterocycles. The zero-order valence-corrected chi connectivity index (χ0v) is 30.2. The van der Waals surface area contributed by atoms with E-state index in [4.69, 9.17) is 19.9 Å². The standard InChI is InChI=1S/C50H32N6/c1-4-14-33(15-5-1)48-52-49(34-16-6-2-7-17-34)54-50(53-48)35-25-28-38(29-26-35)56-44-24-13-31-51-47(44)41-30-27-36(32-45(41)56)39-21-12-23-43-46(39)40-20-10-11-22-42(40)55(43)37-18-8-3-9-19-37/h1-32H. The molecule has 11 aromatic rings. The van der Waals surface area contributed by atoms with Gasteiger partial charge in [-0.15, -0.1) is 0 Å². The average molecular weight is 717 g/mol. The van der Waals surface area contributed by atoms with E-state index in [0.717, 1.165) is 55.6 Å². The molecule has 6 nitrogen and oxygen atoms in total. The smallest absolute Gasteiger partial charge is 0.164 e. The Kier molecular flexibility index (Phi) is 7.38. The Balaban J connectivity index is 1.07. The summed E-state index contributed by atoms with van der Waals surface area (Å²) in [5.41, 5.74) is 12.8. The summed E-state index contributed by atoms with van der Waals surface area (Å²) in [6, 6.07) is 65.5. The predicted molar refractivity (Wildman–Crippen MR) is 228 cm³/mol. The normalized spacial score (nSPS) is 11.6. The summed E-state index contributed by atoms with van der Waals surface area (Å²) >= 11 is 0. The van der Waals surface area contributed by atoms with Crippen molar-refractivity contribution in [2.75, 3.05) is 0 Å². The molecule has 0 aliphatic carbocycles. The highest BCUT2D eigenvalue weighted by atomic mass is 15.0. The fourth-order valence-corrected chi connectivity index (χ4v) is 8.09. The first-order valence-electron chi connectivity index (χ1n) is 18.7. The first kappa shape index (κ1) is 31.8. The van der Waals surface area contributed by atoms with Crippen LogP contribution in [0.5, 0.6) is 0 Å². The van der Waals surface area contributed by atoms with Gasteiger partial charge in [0.15, 0.2) is 17.5 Å². The lowest BCUT2D eigenvalue weighted by Crippen LogP contribution is -2.00. The summed E-state index contributed by atoms with van der Waals surface area (Å²) in [5.74, 6) is 1.90. The number of nitrogens with zero attached hydrogens (tertiary/aromatic N) is 6. The predicted octanol–water partition coefficient (Wildman–Crippen LogP) is 12.1. The molecule has 6 heteroatoms. The van der Waals surface area contributed by atoms with Gasteiger partial charge in [-0.3, -0.25) is 4.98 Å². The van der Waals surface area contributed by atoms with Crippen LogP contribution >= 0.6 is 0 Å². The van der Waals surface area contributed by atoms with Gasteiger partial charge in [-0.25, -0.2) is 15.0 Å². The van der Waals surface area contributed by atoms with E-state index in [-0.39, 0.29) is 0 Å². The van der Waals surface area contributed by atoms with Gasteiger partial charge in [0, 0.05) is 50.4 Å². The molecule has 0 saturated carbocycles. The van der Waals surface area contributed by atoms with Crippen LogP contribution in [-0.4, -0.2) is 29.1 Å². The summed E-state index contributed by atoms with van der Waals surface area (Å²) < 4.78 is 4.68.